The van der Waals surface area contributed by atoms with E-state index in [4.69, 9.17) is 4.74 Å². The van der Waals surface area contributed by atoms with Crippen molar-refractivity contribution < 1.29 is 4.74 Å². The molecule has 1 N–H and O–H groups in total. The SMILES string of the molecule is CC1(c2ccccc2)CN(C2CC3CCC2O3)CCN1. The standard InChI is InChI=1S/C17H24N2O/c1-17(13-5-3-2-4-6-13)12-19(10-9-18-17)15-11-14-7-8-16(15)20-14/h2-6,14-16,18H,7-12H2,1H3. The molecule has 3 aliphatic rings. The molecule has 0 aliphatic carbocycles. The number of nitrogens with one attached hydrogen (secondary N) is 1. The maximum Gasteiger partial charge on any atom is 0.0735 e. The first-order valence-electron chi connectivity index (χ1n) is 7.95. The van der Waals surface area contributed by atoms with Crippen LogP contribution in [0.3, 0.4) is 0 Å². The number of rotatable bonds is 2. The molecule has 4 atom stereocenters. The van der Waals surface area contributed by atoms with Crippen LogP contribution in [0.4, 0.5) is 0 Å². The lowest BCUT2D eigenvalue weighted by Crippen LogP contribution is -2.60. The first-order valence-corrected chi connectivity index (χ1v) is 7.95. The molecule has 3 aliphatic heterocycles. The van der Waals surface area contributed by atoms with Crippen LogP contribution in [0.25, 0.3) is 0 Å². The number of hydrogen-bond acceptors (Lipinski definition) is 3. The fourth-order valence-corrected chi connectivity index (χ4v) is 4.29. The molecule has 108 valence electrons. The molecule has 3 nitrogen and oxygen atoms in total. The summed E-state index contributed by atoms with van der Waals surface area (Å²) in [4.78, 5) is 2.67. The molecule has 0 aromatic heterocycles. The van der Waals surface area contributed by atoms with Crippen molar-refractivity contribution >= 4 is 0 Å². The van der Waals surface area contributed by atoms with E-state index in [1.807, 2.05) is 0 Å². The minimum atomic E-state index is 0.0708. The Balaban J connectivity index is 1.53. The van der Waals surface area contributed by atoms with Gasteiger partial charge < -0.3 is 10.1 Å². The molecule has 1 aromatic carbocycles. The summed E-state index contributed by atoms with van der Waals surface area (Å²) in [6.07, 6.45) is 4.83. The van der Waals surface area contributed by atoms with Gasteiger partial charge in [0.1, 0.15) is 0 Å². The molecule has 2 bridgehead atoms. The van der Waals surface area contributed by atoms with E-state index in [0.29, 0.717) is 18.2 Å². The van der Waals surface area contributed by atoms with Gasteiger partial charge in [-0.1, -0.05) is 30.3 Å². The maximum atomic E-state index is 6.05. The minimum Gasteiger partial charge on any atom is -0.373 e. The molecule has 4 unspecified atom stereocenters. The summed E-state index contributed by atoms with van der Waals surface area (Å²) in [7, 11) is 0. The average molecular weight is 272 g/mol. The van der Waals surface area contributed by atoms with Crippen LogP contribution < -0.4 is 5.32 Å². The molecule has 1 aromatic rings. The van der Waals surface area contributed by atoms with Crippen LogP contribution in [0.15, 0.2) is 30.3 Å². The Kier molecular flexibility index (Phi) is 3.09. The summed E-state index contributed by atoms with van der Waals surface area (Å²) in [5, 5.41) is 3.73. The Labute approximate surface area is 121 Å². The highest BCUT2D eigenvalue weighted by atomic mass is 16.5. The van der Waals surface area contributed by atoms with Gasteiger partial charge in [-0.25, -0.2) is 0 Å². The molecule has 20 heavy (non-hydrogen) atoms. The molecule has 3 heterocycles. The first-order chi connectivity index (χ1) is 9.74. The third-order valence-corrected chi connectivity index (χ3v) is 5.39. The molecular formula is C17H24N2O. The van der Waals surface area contributed by atoms with Crippen molar-refractivity contribution in [1.82, 2.24) is 10.2 Å². The molecular weight excluding hydrogens is 248 g/mol. The number of piperazine rings is 1. The highest BCUT2D eigenvalue weighted by Gasteiger charge is 2.46. The summed E-state index contributed by atoms with van der Waals surface area (Å²) in [5.41, 5.74) is 1.47. The Morgan fingerprint density at radius 3 is 2.80 bits per heavy atom. The lowest BCUT2D eigenvalue weighted by Gasteiger charge is -2.45. The maximum absolute atomic E-state index is 6.05. The van der Waals surface area contributed by atoms with Gasteiger partial charge in [0.25, 0.3) is 0 Å². The summed E-state index contributed by atoms with van der Waals surface area (Å²) >= 11 is 0. The second kappa shape index (κ2) is 4.83. The summed E-state index contributed by atoms with van der Waals surface area (Å²) in [5.74, 6) is 0. The average Bonchev–Trinajstić information content (AvgIpc) is 3.11. The largest absolute Gasteiger partial charge is 0.373 e. The number of benzene rings is 1. The van der Waals surface area contributed by atoms with Crippen molar-refractivity contribution in [3.8, 4) is 0 Å². The summed E-state index contributed by atoms with van der Waals surface area (Å²) in [6.45, 7) is 5.65. The van der Waals surface area contributed by atoms with E-state index in [0.717, 1.165) is 19.6 Å². The number of fused-ring (bicyclic) bond motifs is 2. The lowest BCUT2D eigenvalue weighted by molar-refractivity contribution is 0.0434. The van der Waals surface area contributed by atoms with Gasteiger partial charge in [-0.2, -0.15) is 0 Å². The van der Waals surface area contributed by atoms with Gasteiger partial charge in [0.15, 0.2) is 0 Å². The third kappa shape index (κ3) is 2.09. The Morgan fingerprint density at radius 1 is 1.25 bits per heavy atom. The minimum absolute atomic E-state index is 0.0708. The Morgan fingerprint density at radius 2 is 2.10 bits per heavy atom. The van der Waals surface area contributed by atoms with Gasteiger partial charge in [-0.15, -0.1) is 0 Å². The summed E-state index contributed by atoms with van der Waals surface area (Å²) < 4.78 is 6.05. The van der Waals surface area contributed by atoms with Gasteiger partial charge >= 0.3 is 0 Å². The van der Waals surface area contributed by atoms with Crippen molar-refractivity contribution in [2.45, 2.75) is 50.0 Å². The van der Waals surface area contributed by atoms with E-state index >= 15 is 0 Å². The van der Waals surface area contributed by atoms with E-state index in [1.54, 1.807) is 0 Å². The lowest BCUT2D eigenvalue weighted by atomic mass is 9.87. The van der Waals surface area contributed by atoms with E-state index in [2.05, 4.69) is 47.5 Å². The van der Waals surface area contributed by atoms with Crippen molar-refractivity contribution in [1.29, 1.82) is 0 Å². The molecule has 4 rings (SSSR count). The van der Waals surface area contributed by atoms with Crippen LogP contribution in [0.5, 0.6) is 0 Å². The van der Waals surface area contributed by atoms with Crippen molar-refractivity contribution in [2.24, 2.45) is 0 Å². The normalized spacial score (nSPS) is 41.1. The third-order valence-electron chi connectivity index (χ3n) is 5.39. The topological polar surface area (TPSA) is 24.5 Å². The van der Waals surface area contributed by atoms with Gasteiger partial charge in [0.2, 0.25) is 0 Å². The van der Waals surface area contributed by atoms with Gasteiger partial charge in [0.05, 0.1) is 17.7 Å². The van der Waals surface area contributed by atoms with Crippen LogP contribution in [-0.2, 0) is 10.3 Å². The molecule has 0 radical (unpaired) electrons. The van der Waals surface area contributed by atoms with Crippen molar-refractivity contribution in [2.75, 3.05) is 19.6 Å². The van der Waals surface area contributed by atoms with Crippen molar-refractivity contribution in [3.05, 3.63) is 35.9 Å². The van der Waals surface area contributed by atoms with Gasteiger partial charge in [-0.3, -0.25) is 4.90 Å². The predicted molar refractivity (Wildman–Crippen MR) is 79.7 cm³/mol. The smallest absolute Gasteiger partial charge is 0.0735 e. The second-order valence-corrected chi connectivity index (χ2v) is 6.77. The highest BCUT2D eigenvalue weighted by molar-refractivity contribution is 5.25. The van der Waals surface area contributed by atoms with Crippen LogP contribution in [0.1, 0.15) is 31.7 Å². The molecule has 3 saturated heterocycles. The van der Waals surface area contributed by atoms with E-state index in [9.17, 15) is 0 Å². The zero-order valence-electron chi connectivity index (χ0n) is 12.2. The predicted octanol–water partition coefficient (Wildman–Crippen LogP) is 2.13. The zero-order chi connectivity index (χ0) is 13.6. The Hall–Kier alpha value is -0.900. The first kappa shape index (κ1) is 12.8. The van der Waals surface area contributed by atoms with Crippen LogP contribution in [0.2, 0.25) is 0 Å². The van der Waals surface area contributed by atoms with E-state index in [-0.39, 0.29) is 5.54 Å². The second-order valence-electron chi connectivity index (χ2n) is 6.77. The molecule has 0 spiro atoms. The molecule has 0 amide bonds. The number of hydrogen-bond donors (Lipinski definition) is 1. The van der Waals surface area contributed by atoms with Gasteiger partial charge in [0, 0.05) is 25.7 Å². The highest BCUT2D eigenvalue weighted by Crippen LogP contribution is 2.38. The van der Waals surface area contributed by atoms with Crippen LogP contribution >= 0.6 is 0 Å². The number of nitrogens with zero attached hydrogens (tertiary/aromatic N) is 1. The van der Waals surface area contributed by atoms with E-state index in [1.165, 1.54) is 24.8 Å². The fourth-order valence-electron chi connectivity index (χ4n) is 4.29. The monoisotopic (exact) mass is 272 g/mol. The van der Waals surface area contributed by atoms with Gasteiger partial charge in [-0.05, 0) is 31.7 Å². The van der Waals surface area contributed by atoms with Crippen LogP contribution in [0, 0.1) is 0 Å². The fraction of sp³-hybridized carbons (Fsp3) is 0.647. The van der Waals surface area contributed by atoms with Crippen molar-refractivity contribution in [3.63, 3.8) is 0 Å². The Bertz CT molecular complexity index is 477. The van der Waals surface area contributed by atoms with E-state index < -0.39 is 0 Å². The quantitative estimate of drug-likeness (QED) is 0.892. The number of ether oxygens (including phenoxy) is 1. The molecule has 0 saturated carbocycles. The summed E-state index contributed by atoms with van der Waals surface area (Å²) in [6, 6.07) is 11.5. The van der Waals surface area contributed by atoms with Crippen LogP contribution in [-0.4, -0.2) is 42.8 Å². The molecule has 3 heteroatoms. The zero-order valence-corrected chi connectivity index (χ0v) is 12.2. The molecule has 3 fully saturated rings.